The normalized spacial score (nSPS) is 26.9. The first-order valence-electron chi connectivity index (χ1n) is 5.44. The number of halogens is 1. The van der Waals surface area contributed by atoms with Crippen LogP contribution in [0.2, 0.25) is 0 Å². The van der Waals surface area contributed by atoms with Gasteiger partial charge in [-0.3, -0.25) is 0 Å². The van der Waals surface area contributed by atoms with Crippen LogP contribution in [0, 0.1) is 0 Å². The number of aromatic nitrogens is 2. The van der Waals surface area contributed by atoms with Crippen molar-refractivity contribution in [2.24, 2.45) is 0 Å². The van der Waals surface area contributed by atoms with Gasteiger partial charge in [0.05, 0.1) is 0 Å². The Morgan fingerprint density at radius 3 is 3.00 bits per heavy atom. The third-order valence-corrected chi connectivity index (χ3v) is 4.42. The van der Waals surface area contributed by atoms with Crippen LogP contribution in [0.1, 0.15) is 38.0 Å². The van der Waals surface area contributed by atoms with Crippen LogP contribution in [0.5, 0.6) is 0 Å². The molecule has 1 aliphatic heterocycles. The Balaban J connectivity index is 1.89. The van der Waals surface area contributed by atoms with Crippen LogP contribution < -0.4 is 5.32 Å². The fourth-order valence-corrected chi connectivity index (χ4v) is 3.04. The molecule has 1 N–H and O–H groups in total. The molecule has 0 saturated carbocycles. The first kappa shape index (κ1) is 12.0. The van der Waals surface area contributed by atoms with Crippen molar-refractivity contribution < 1.29 is 4.42 Å². The maximum Gasteiger partial charge on any atom is 0.315 e. The average molecular weight is 262 g/mol. The van der Waals surface area contributed by atoms with Crippen molar-refractivity contribution in [1.29, 1.82) is 0 Å². The van der Waals surface area contributed by atoms with Crippen LogP contribution >= 0.6 is 23.4 Å². The van der Waals surface area contributed by atoms with Gasteiger partial charge in [-0.15, -0.1) is 16.7 Å². The molecule has 90 valence electrons. The summed E-state index contributed by atoms with van der Waals surface area (Å²) in [5.41, 5.74) is 0. The van der Waals surface area contributed by atoms with Crippen molar-refractivity contribution in [3.63, 3.8) is 0 Å². The minimum absolute atomic E-state index is 0.237. The SMILES string of the molecule is CC(Cl)c1nnc(NCC2(C)CCCS2)o1. The van der Waals surface area contributed by atoms with Gasteiger partial charge in [0.2, 0.25) is 5.89 Å². The van der Waals surface area contributed by atoms with Gasteiger partial charge in [0.1, 0.15) is 5.38 Å². The molecule has 1 aliphatic rings. The second kappa shape index (κ2) is 4.84. The fourth-order valence-electron chi connectivity index (χ4n) is 1.71. The first-order chi connectivity index (χ1) is 7.59. The van der Waals surface area contributed by atoms with E-state index in [0.717, 1.165) is 6.54 Å². The summed E-state index contributed by atoms with van der Waals surface area (Å²) in [4.78, 5) is 0. The van der Waals surface area contributed by atoms with Gasteiger partial charge >= 0.3 is 6.01 Å². The molecule has 0 bridgehead atoms. The molecule has 4 nitrogen and oxygen atoms in total. The van der Waals surface area contributed by atoms with Gasteiger partial charge in [-0.25, -0.2) is 0 Å². The zero-order valence-electron chi connectivity index (χ0n) is 9.49. The van der Waals surface area contributed by atoms with Crippen molar-refractivity contribution in [1.82, 2.24) is 10.2 Å². The van der Waals surface area contributed by atoms with Crippen LogP contribution in [0.25, 0.3) is 0 Å². The molecular formula is C10H16ClN3OS. The lowest BCUT2D eigenvalue weighted by Gasteiger charge is -2.21. The van der Waals surface area contributed by atoms with Gasteiger partial charge in [0, 0.05) is 11.3 Å². The molecule has 0 aromatic carbocycles. The summed E-state index contributed by atoms with van der Waals surface area (Å²) >= 11 is 7.84. The summed E-state index contributed by atoms with van der Waals surface area (Å²) < 4.78 is 5.67. The molecule has 1 saturated heterocycles. The summed E-state index contributed by atoms with van der Waals surface area (Å²) in [5.74, 6) is 1.71. The van der Waals surface area contributed by atoms with Gasteiger partial charge in [-0.2, -0.15) is 11.8 Å². The van der Waals surface area contributed by atoms with Gasteiger partial charge in [0.15, 0.2) is 0 Å². The maximum absolute atomic E-state index is 5.84. The Morgan fingerprint density at radius 1 is 1.62 bits per heavy atom. The minimum Gasteiger partial charge on any atom is -0.407 e. The number of hydrogen-bond donors (Lipinski definition) is 1. The third kappa shape index (κ3) is 2.83. The summed E-state index contributed by atoms with van der Waals surface area (Å²) in [6, 6.07) is 0.469. The van der Waals surface area contributed by atoms with Crippen molar-refractivity contribution >= 4 is 29.4 Å². The molecule has 0 radical (unpaired) electrons. The second-order valence-corrected chi connectivity index (χ2v) is 6.65. The average Bonchev–Trinajstić information content (AvgIpc) is 2.84. The van der Waals surface area contributed by atoms with Crippen LogP contribution in [-0.4, -0.2) is 27.2 Å². The zero-order valence-corrected chi connectivity index (χ0v) is 11.1. The maximum atomic E-state index is 5.84. The fraction of sp³-hybridized carbons (Fsp3) is 0.800. The highest BCUT2D eigenvalue weighted by atomic mass is 35.5. The highest BCUT2D eigenvalue weighted by Crippen LogP contribution is 2.37. The molecule has 0 aliphatic carbocycles. The number of hydrogen-bond acceptors (Lipinski definition) is 5. The Morgan fingerprint density at radius 2 is 2.44 bits per heavy atom. The standard InChI is InChI=1S/C10H16ClN3OS/c1-7(11)8-13-14-9(15-8)12-6-10(2)4-3-5-16-10/h7H,3-6H2,1-2H3,(H,12,14). The third-order valence-electron chi connectivity index (χ3n) is 2.69. The topological polar surface area (TPSA) is 51.0 Å². The van der Waals surface area contributed by atoms with E-state index in [2.05, 4.69) is 22.4 Å². The molecule has 2 atom stereocenters. The molecule has 1 aromatic heterocycles. The van der Waals surface area contributed by atoms with E-state index in [1.54, 1.807) is 0 Å². The largest absolute Gasteiger partial charge is 0.407 e. The van der Waals surface area contributed by atoms with E-state index in [0.29, 0.717) is 16.7 Å². The Labute approximate surface area is 105 Å². The van der Waals surface area contributed by atoms with E-state index >= 15 is 0 Å². The Kier molecular flexibility index (Phi) is 3.64. The van der Waals surface area contributed by atoms with Gasteiger partial charge < -0.3 is 9.73 Å². The number of thioether (sulfide) groups is 1. The summed E-state index contributed by atoms with van der Waals surface area (Å²) in [5, 5.41) is 10.7. The van der Waals surface area contributed by atoms with Crippen molar-refractivity contribution in [3.8, 4) is 0 Å². The minimum atomic E-state index is -0.237. The number of anilines is 1. The molecule has 2 unspecified atom stereocenters. The highest BCUT2D eigenvalue weighted by Gasteiger charge is 2.29. The van der Waals surface area contributed by atoms with E-state index in [4.69, 9.17) is 16.0 Å². The summed E-state index contributed by atoms with van der Waals surface area (Å²) in [6.07, 6.45) is 2.52. The number of nitrogens with one attached hydrogen (secondary N) is 1. The molecule has 0 amide bonds. The highest BCUT2D eigenvalue weighted by molar-refractivity contribution is 8.00. The van der Waals surface area contributed by atoms with E-state index in [-0.39, 0.29) is 5.38 Å². The zero-order chi connectivity index (χ0) is 11.6. The number of alkyl halides is 1. The molecular weight excluding hydrogens is 246 g/mol. The number of nitrogens with zero attached hydrogens (tertiary/aromatic N) is 2. The van der Waals surface area contributed by atoms with Gasteiger partial charge in [-0.1, -0.05) is 5.10 Å². The second-order valence-electron chi connectivity index (χ2n) is 4.32. The Hall–Kier alpha value is -0.420. The van der Waals surface area contributed by atoms with Crippen LogP contribution in [0.4, 0.5) is 6.01 Å². The number of rotatable bonds is 4. The predicted molar refractivity (Wildman–Crippen MR) is 67.2 cm³/mol. The van der Waals surface area contributed by atoms with Crippen LogP contribution in [0.3, 0.4) is 0 Å². The Bertz CT molecular complexity index is 350. The van der Waals surface area contributed by atoms with Crippen molar-refractivity contribution in [2.45, 2.75) is 36.8 Å². The van der Waals surface area contributed by atoms with Crippen molar-refractivity contribution in [2.75, 3.05) is 17.6 Å². The molecule has 1 aromatic rings. The van der Waals surface area contributed by atoms with Gasteiger partial charge in [0.25, 0.3) is 0 Å². The van der Waals surface area contributed by atoms with Gasteiger partial charge in [-0.05, 0) is 32.4 Å². The molecule has 2 heterocycles. The monoisotopic (exact) mass is 261 g/mol. The van der Waals surface area contributed by atoms with E-state index in [1.807, 2.05) is 18.7 Å². The lowest BCUT2D eigenvalue weighted by atomic mass is 10.1. The smallest absolute Gasteiger partial charge is 0.315 e. The first-order valence-corrected chi connectivity index (χ1v) is 6.87. The van der Waals surface area contributed by atoms with E-state index in [9.17, 15) is 0 Å². The lowest BCUT2D eigenvalue weighted by molar-refractivity contribution is 0.501. The lowest BCUT2D eigenvalue weighted by Crippen LogP contribution is -2.27. The molecule has 6 heteroatoms. The molecule has 2 rings (SSSR count). The molecule has 0 spiro atoms. The molecule has 1 fully saturated rings. The van der Waals surface area contributed by atoms with Crippen LogP contribution in [-0.2, 0) is 0 Å². The summed E-state index contributed by atoms with van der Waals surface area (Å²) in [7, 11) is 0. The molecule has 16 heavy (non-hydrogen) atoms. The van der Waals surface area contributed by atoms with E-state index in [1.165, 1.54) is 18.6 Å². The van der Waals surface area contributed by atoms with Crippen LogP contribution in [0.15, 0.2) is 4.42 Å². The predicted octanol–water partition coefficient (Wildman–Crippen LogP) is 3.07. The quantitative estimate of drug-likeness (QED) is 0.845. The summed E-state index contributed by atoms with van der Waals surface area (Å²) in [6.45, 7) is 4.93. The van der Waals surface area contributed by atoms with Crippen molar-refractivity contribution in [3.05, 3.63) is 5.89 Å². The van der Waals surface area contributed by atoms with E-state index < -0.39 is 0 Å².